The number of aromatic nitrogens is 2. The maximum Gasteiger partial charge on any atom is 0.226 e. The lowest BCUT2D eigenvalue weighted by Gasteiger charge is -2.30. The number of piperidine rings is 1. The van der Waals surface area contributed by atoms with E-state index >= 15 is 0 Å². The number of anilines is 1. The van der Waals surface area contributed by atoms with Crippen LogP contribution in [0.4, 0.5) is 5.95 Å². The minimum Gasteiger partial charge on any atom is -0.339 e. The molecule has 1 saturated heterocycles. The second-order valence-corrected chi connectivity index (χ2v) is 3.91. The monoisotopic (exact) mass is 212 g/mol. The molecule has 1 aromatic heterocycles. The molecule has 4 nitrogen and oxygen atoms in total. The summed E-state index contributed by atoms with van der Waals surface area (Å²) in [4.78, 5) is 10.4. The molecule has 0 aliphatic carbocycles. The Balaban J connectivity index is 2.14. The fraction of sp³-hybridized carbons (Fsp3) is 0.556. The quantitative estimate of drug-likeness (QED) is 0.708. The van der Waals surface area contributed by atoms with Gasteiger partial charge in [0.15, 0.2) is 0 Å². The Kier molecular flexibility index (Phi) is 2.84. The molecule has 0 unspecified atom stereocenters. The Morgan fingerprint density at radius 2 is 2.43 bits per heavy atom. The van der Waals surface area contributed by atoms with E-state index in [2.05, 4.69) is 14.9 Å². The Bertz CT molecular complexity index is 317. The number of halogens is 1. The van der Waals surface area contributed by atoms with Crippen LogP contribution in [0, 0.1) is 0 Å². The average molecular weight is 213 g/mol. The molecule has 0 radical (unpaired) electrons. The van der Waals surface area contributed by atoms with Gasteiger partial charge in [0.05, 0.1) is 0 Å². The summed E-state index contributed by atoms with van der Waals surface area (Å²) in [6.07, 6.45) is 3.85. The fourth-order valence-corrected chi connectivity index (χ4v) is 1.80. The fourth-order valence-electron chi connectivity index (χ4n) is 1.67. The molecule has 76 valence electrons. The highest BCUT2D eigenvalue weighted by molar-refractivity contribution is 6.29. The first kappa shape index (κ1) is 9.68. The SMILES string of the molecule is N[C@@H]1CCCN(c2nccc(Cl)n2)C1. The molecular formula is C9H13ClN4. The number of hydrogen-bond donors (Lipinski definition) is 1. The van der Waals surface area contributed by atoms with E-state index in [1.54, 1.807) is 12.3 Å². The first-order valence-electron chi connectivity index (χ1n) is 4.75. The van der Waals surface area contributed by atoms with Crippen LogP contribution >= 0.6 is 11.6 Å². The predicted octanol–water partition coefficient (Wildman–Crippen LogP) is 1.06. The zero-order valence-corrected chi connectivity index (χ0v) is 8.61. The van der Waals surface area contributed by atoms with Gasteiger partial charge in [0.25, 0.3) is 0 Å². The molecule has 1 aliphatic heterocycles. The zero-order valence-electron chi connectivity index (χ0n) is 7.86. The molecule has 2 rings (SSSR count). The van der Waals surface area contributed by atoms with Crippen molar-refractivity contribution >= 4 is 17.5 Å². The molecule has 0 amide bonds. The van der Waals surface area contributed by atoms with Gasteiger partial charge in [-0.25, -0.2) is 9.97 Å². The second-order valence-electron chi connectivity index (χ2n) is 3.53. The van der Waals surface area contributed by atoms with Crippen LogP contribution in [0.15, 0.2) is 12.3 Å². The third kappa shape index (κ3) is 2.13. The molecule has 1 atom stereocenters. The van der Waals surface area contributed by atoms with Gasteiger partial charge in [0, 0.05) is 25.3 Å². The summed E-state index contributed by atoms with van der Waals surface area (Å²) in [5.41, 5.74) is 5.87. The Morgan fingerprint density at radius 3 is 3.14 bits per heavy atom. The first-order chi connectivity index (χ1) is 6.75. The van der Waals surface area contributed by atoms with E-state index in [-0.39, 0.29) is 6.04 Å². The van der Waals surface area contributed by atoms with Gasteiger partial charge in [-0.1, -0.05) is 11.6 Å². The van der Waals surface area contributed by atoms with Gasteiger partial charge in [-0.15, -0.1) is 0 Å². The van der Waals surface area contributed by atoms with Crippen molar-refractivity contribution in [1.29, 1.82) is 0 Å². The zero-order chi connectivity index (χ0) is 9.97. The molecule has 0 spiro atoms. The van der Waals surface area contributed by atoms with E-state index in [1.165, 1.54) is 0 Å². The lowest BCUT2D eigenvalue weighted by atomic mass is 10.1. The van der Waals surface area contributed by atoms with Crippen molar-refractivity contribution in [1.82, 2.24) is 9.97 Å². The number of hydrogen-bond acceptors (Lipinski definition) is 4. The summed E-state index contributed by atoms with van der Waals surface area (Å²) < 4.78 is 0. The van der Waals surface area contributed by atoms with E-state index < -0.39 is 0 Å². The number of nitrogens with zero attached hydrogens (tertiary/aromatic N) is 3. The number of nitrogens with two attached hydrogens (primary N) is 1. The van der Waals surface area contributed by atoms with Crippen LogP contribution in [0.2, 0.25) is 5.15 Å². The summed E-state index contributed by atoms with van der Waals surface area (Å²) in [5.74, 6) is 0.688. The van der Waals surface area contributed by atoms with Crippen LogP contribution in [-0.2, 0) is 0 Å². The van der Waals surface area contributed by atoms with E-state index in [0.29, 0.717) is 11.1 Å². The molecule has 14 heavy (non-hydrogen) atoms. The highest BCUT2D eigenvalue weighted by Crippen LogP contribution is 2.16. The summed E-state index contributed by atoms with van der Waals surface area (Å²) in [6.45, 7) is 1.79. The van der Waals surface area contributed by atoms with Crippen LogP contribution in [0.1, 0.15) is 12.8 Å². The van der Waals surface area contributed by atoms with Crippen LogP contribution < -0.4 is 10.6 Å². The first-order valence-corrected chi connectivity index (χ1v) is 5.12. The second kappa shape index (κ2) is 4.11. The predicted molar refractivity (Wildman–Crippen MR) is 56.5 cm³/mol. The van der Waals surface area contributed by atoms with Gasteiger partial charge >= 0.3 is 0 Å². The van der Waals surface area contributed by atoms with Crippen LogP contribution in [0.25, 0.3) is 0 Å². The van der Waals surface area contributed by atoms with Crippen LogP contribution in [-0.4, -0.2) is 29.1 Å². The molecule has 2 N–H and O–H groups in total. The van der Waals surface area contributed by atoms with Gasteiger partial charge in [0.2, 0.25) is 5.95 Å². The highest BCUT2D eigenvalue weighted by atomic mass is 35.5. The molecule has 1 aliphatic rings. The number of rotatable bonds is 1. The third-order valence-corrected chi connectivity index (χ3v) is 2.56. The average Bonchev–Trinajstić information content (AvgIpc) is 2.18. The van der Waals surface area contributed by atoms with Crippen LogP contribution in [0.3, 0.4) is 0 Å². The minimum atomic E-state index is 0.228. The van der Waals surface area contributed by atoms with Gasteiger partial charge in [-0.3, -0.25) is 0 Å². The molecule has 5 heteroatoms. The minimum absolute atomic E-state index is 0.228. The van der Waals surface area contributed by atoms with E-state index in [1.807, 2.05) is 0 Å². The van der Waals surface area contributed by atoms with Gasteiger partial charge in [0.1, 0.15) is 5.15 Å². The van der Waals surface area contributed by atoms with Crippen LogP contribution in [0.5, 0.6) is 0 Å². The molecular weight excluding hydrogens is 200 g/mol. The summed E-state index contributed by atoms with van der Waals surface area (Å²) in [7, 11) is 0. The molecule has 0 bridgehead atoms. The molecule has 0 aromatic carbocycles. The maximum atomic E-state index is 5.87. The standard InChI is InChI=1S/C9H13ClN4/c10-8-3-4-12-9(13-8)14-5-1-2-7(11)6-14/h3-4,7H,1-2,5-6,11H2/t7-/m1/s1. The highest BCUT2D eigenvalue weighted by Gasteiger charge is 2.18. The third-order valence-electron chi connectivity index (χ3n) is 2.35. The van der Waals surface area contributed by atoms with Gasteiger partial charge < -0.3 is 10.6 Å². The van der Waals surface area contributed by atoms with Crippen molar-refractivity contribution < 1.29 is 0 Å². The van der Waals surface area contributed by atoms with Crippen molar-refractivity contribution in [3.8, 4) is 0 Å². The Hall–Kier alpha value is -0.870. The summed E-state index contributed by atoms with van der Waals surface area (Å²) in [6, 6.07) is 1.90. The topological polar surface area (TPSA) is 55.0 Å². The molecule has 2 heterocycles. The lowest BCUT2D eigenvalue weighted by Crippen LogP contribution is -2.43. The van der Waals surface area contributed by atoms with Crippen molar-refractivity contribution in [2.24, 2.45) is 5.73 Å². The van der Waals surface area contributed by atoms with E-state index in [0.717, 1.165) is 25.9 Å². The van der Waals surface area contributed by atoms with Crippen molar-refractivity contribution in [3.63, 3.8) is 0 Å². The smallest absolute Gasteiger partial charge is 0.226 e. The normalized spacial score (nSPS) is 22.4. The summed E-state index contributed by atoms with van der Waals surface area (Å²) >= 11 is 5.79. The molecule has 1 fully saturated rings. The maximum absolute atomic E-state index is 5.87. The Labute approximate surface area is 88.1 Å². The molecule has 0 saturated carbocycles. The van der Waals surface area contributed by atoms with Gasteiger partial charge in [-0.2, -0.15) is 0 Å². The van der Waals surface area contributed by atoms with Gasteiger partial charge in [-0.05, 0) is 18.9 Å². The van der Waals surface area contributed by atoms with E-state index in [4.69, 9.17) is 17.3 Å². The van der Waals surface area contributed by atoms with Crippen molar-refractivity contribution in [3.05, 3.63) is 17.4 Å². The van der Waals surface area contributed by atoms with E-state index in [9.17, 15) is 0 Å². The summed E-state index contributed by atoms with van der Waals surface area (Å²) in [5, 5.41) is 0.481. The lowest BCUT2D eigenvalue weighted by molar-refractivity contribution is 0.500. The largest absolute Gasteiger partial charge is 0.339 e. The van der Waals surface area contributed by atoms with Crippen molar-refractivity contribution in [2.75, 3.05) is 18.0 Å². The Morgan fingerprint density at radius 1 is 1.57 bits per heavy atom. The van der Waals surface area contributed by atoms with Crippen molar-refractivity contribution in [2.45, 2.75) is 18.9 Å². The molecule has 1 aromatic rings.